The van der Waals surface area contributed by atoms with Crippen molar-refractivity contribution < 1.29 is 9.84 Å². The predicted octanol–water partition coefficient (Wildman–Crippen LogP) is 1.82. The topological polar surface area (TPSA) is 69.1 Å². The molecule has 1 atom stereocenters. The fourth-order valence-electron chi connectivity index (χ4n) is 3.73. The summed E-state index contributed by atoms with van der Waals surface area (Å²) in [5.74, 6) is 1.10. The van der Waals surface area contributed by atoms with Crippen LogP contribution in [-0.4, -0.2) is 74.0 Å². The monoisotopic (exact) mass is 468 g/mol. The van der Waals surface area contributed by atoms with E-state index in [-0.39, 0.29) is 42.0 Å². The van der Waals surface area contributed by atoms with E-state index in [2.05, 4.69) is 22.5 Å². The van der Waals surface area contributed by atoms with Crippen LogP contribution in [0, 0.1) is 5.92 Å². The summed E-state index contributed by atoms with van der Waals surface area (Å²) < 4.78 is 5.55. The largest absolute Gasteiger partial charge is 0.396 e. The van der Waals surface area contributed by atoms with Crippen molar-refractivity contribution >= 4 is 29.9 Å². The molecule has 1 saturated carbocycles. The van der Waals surface area contributed by atoms with E-state index in [9.17, 15) is 5.11 Å². The van der Waals surface area contributed by atoms with Crippen molar-refractivity contribution in [1.29, 1.82) is 0 Å². The number of aliphatic hydroxyl groups is 1. The molecule has 0 radical (unpaired) electrons. The minimum Gasteiger partial charge on any atom is -0.396 e. The second-order valence-electron chi connectivity index (χ2n) is 7.25. The van der Waals surface area contributed by atoms with Crippen LogP contribution in [0.3, 0.4) is 0 Å². The quantitative estimate of drug-likeness (QED) is 0.302. The highest BCUT2D eigenvalue weighted by atomic mass is 127. The van der Waals surface area contributed by atoms with E-state index in [0.717, 1.165) is 51.9 Å². The van der Waals surface area contributed by atoms with Crippen LogP contribution in [-0.2, 0) is 4.74 Å². The third-order valence-electron chi connectivity index (χ3n) is 5.27. The van der Waals surface area contributed by atoms with Gasteiger partial charge in [-0.2, -0.15) is 0 Å². The molecular weight excluding hydrogens is 431 g/mol. The van der Waals surface area contributed by atoms with Crippen molar-refractivity contribution in [2.75, 3.05) is 52.5 Å². The molecule has 7 heteroatoms. The van der Waals surface area contributed by atoms with Crippen molar-refractivity contribution in [2.45, 2.75) is 51.5 Å². The first-order chi connectivity index (χ1) is 11.7. The Bertz CT molecular complexity index is 383. The number of nitrogens with zero attached hydrogens (tertiary/aromatic N) is 2. The molecular formula is C18H37IN4O2. The molecule has 1 heterocycles. The molecule has 25 heavy (non-hydrogen) atoms. The Morgan fingerprint density at radius 2 is 1.88 bits per heavy atom. The highest BCUT2D eigenvalue weighted by Gasteiger charge is 2.38. The van der Waals surface area contributed by atoms with Crippen LogP contribution in [0.15, 0.2) is 4.99 Å². The number of aliphatic imine (C=N–C) groups is 1. The van der Waals surface area contributed by atoms with Crippen LogP contribution in [0.4, 0.5) is 0 Å². The fraction of sp³-hybridized carbons (Fsp3) is 0.944. The Hall–Kier alpha value is -0.120. The van der Waals surface area contributed by atoms with Crippen molar-refractivity contribution in [3.8, 4) is 0 Å². The number of nitrogens with one attached hydrogen (secondary N) is 2. The Kier molecular flexibility index (Phi) is 11.3. The minimum absolute atomic E-state index is 0. The summed E-state index contributed by atoms with van der Waals surface area (Å²) in [5.41, 5.74) is 0.201. The molecule has 1 aliphatic carbocycles. The van der Waals surface area contributed by atoms with E-state index in [1.54, 1.807) is 0 Å². The van der Waals surface area contributed by atoms with Gasteiger partial charge in [-0.1, -0.05) is 26.2 Å². The summed E-state index contributed by atoms with van der Waals surface area (Å²) >= 11 is 0. The van der Waals surface area contributed by atoms with Crippen molar-refractivity contribution in [3.05, 3.63) is 0 Å². The van der Waals surface area contributed by atoms with E-state index in [1.165, 1.54) is 32.1 Å². The number of halogens is 1. The smallest absolute Gasteiger partial charge is 0.191 e. The van der Waals surface area contributed by atoms with Crippen molar-refractivity contribution in [2.24, 2.45) is 10.9 Å². The van der Waals surface area contributed by atoms with Crippen LogP contribution in [0.2, 0.25) is 0 Å². The van der Waals surface area contributed by atoms with E-state index < -0.39 is 0 Å². The Morgan fingerprint density at radius 1 is 1.20 bits per heavy atom. The molecule has 0 spiro atoms. The lowest BCUT2D eigenvalue weighted by molar-refractivity contribution is -0.0333. The van der Waals surface area contributed by atoms with Gasteiger partial charge in [0.1, 0.15) is 0 Å². The lowest BCUT2D eigenvalue weighted by Crippen LogP contribution is -2.56. The highest BCUT2D eigenvalue weighted by Crippen LogP contribution is 2.34. The molecule has 0 aromatic rings. The number of ether oxygens (including phenoxy) is 1. The summed E-state index contributed by atoms with van der Waals surface area (Å²) in [4.78, 5) is 7.55. The molecule has 2 fully saturated rings. The van der Waals surface area contributed by atoms with E-state index >= 15 is 0 Å². The average molecular weight is 468 g/mol. The first-order valence-corrected chi connectivity index (χ1v) is 9.66. The second-order valence-corrected chi connectivity index (χ2v) is 7.25. The first-order valence-electron chi connectivity index (χ1n) is 9.66. The summed E-state index contributed by atoms with van der Waals surface area (Å²) in [7, 11) is 0. The van der Waals surface area contributed by atoms with Gasteiger partial charge in [-0.3, -0.25) is 9.89 Å². The number of aliphatic hydroxyl groups excluding tert-OH is 1. The molecule has 0 aromatic heterocycles. The van der Waals surface area contributed by atoms with E-state index in [1.807, 2.05) is 6.92 Å². The van der Waals surface area contributed by atoms with Crippen LogP contribution < -0.4 is 10.6 Å². The zero-order chi connectivity index (χ0) is 17.3. The molecule has 3 N–H and O–H groups in total. The van der Waals surface area contributed by atoms with Gasteiger partial charge in [0, 0.05) is 38.3 Å². The molecule has 0 aromatic carbocycles. The molecule has 1 unspecified atom stereocenters. The summed E-state index contributed by atoms with van der Waals surface area (Å²) in [6.45, 7) is 10.5. The Labute approximate surface area is 170 Å². The maximum Gasteiger partial charge on any atom is 0.191 e. The van der Waals surface area contributed by atoms with Gasteiger partial charge in [-0.15, -0.1) is 24.0 Å². The molecule has 2 rings (SSSR count). The molecule has 148 valence electrons. The number of rotatable bonds is 7. The predicted molar refractivity (Wildman–Crippen MR) is 114 cm³/mol. The van der Waals surface area contributed by atoms with Crippen LogP contribution >= 0.6 is 24.0 Å². The SMILES string of the molecule is CCNC(=NCC1(N2CCOCC2)CCCCC1)NCC(C)CO.I. The van der Waals surface area contributed by atoms with E-state index in [0.29, 0.717) is 0 Å². The zero-order valence-electron chi connectivity index (χ0n) is 15.9. The molecule has 1 aliphatic heterocycles. The lowest BCUT2D eigenvalue weighted by Gasteiger charge is -2.47. The summed E-state index contributed by atoms with van der Waals surface area (Å²) in [6, 6.07) is 0. The standard InChI is InChI=1S/C18H36N4O2.HI/c1-3-19-17(20-13-16(2)14-23)21-15-18(7-5-4-6-8-18)22-9-11-24-12-10-22;/h16,23H,3-15H2,1-2H3,(H2,19,20,21);1H. The lowest BCUT2D eigenvalue weighted by atomic mass is 9.80. The summed E-state index contributed by atoms with van der Waals surface area (Å²) in [6.07, 6.45) is 6.44. The van der Waals surface area contributed by atoms with Crippen LogP contribution in [0.1, 0.15) is 46.0 Å². The van der Waals surface area contributed by atoms with Crippen molar-refractivity contribution in [3.63, 3.8) is 0 Å². The van der Waals surface area contributed by atoms with Gasteiger partial charge in [-0.05, 0) is 25.7 Å². The highest BCUT2D eigenvalue weighted by molar-refractivity contribution is 14.0. The van der Waals surface area contributed by atoms with Gasteiger partial charge in [0.05, 0.1) is 19.8 Å². The number of morpholine rings is 1. The summed E-state index contributed by atoms with van der Waals surface area (Å²) in [5, 5.41) is 15.9. The molecule has 6 nitrogen and oxygen atoms in total. The first kappa shape index (κ1) is 22.9. The zero-order valence-corrected chi connectivity index (χ0v) is 18.3. The van der Waals surface area contributed by atoms with Crippen LogP contribution in [0.25, 0.3) is 0 Å². The molecule has 0 amide bonds. The fourth-order valence-corrected chi connectivity index (χ4v) is 3.73. The maximum atomic E-state index is 9.20. The number of hydrogen-bond acceptors (Lipinski definition) is 4. The molecule has 0 bridgehead atoms. The third kappa shape index (κ3) is 7.19. The Morgan fingerprint density at radius 3 is 2.48 bits per heavy atom. The number of hydrogen-bond donors (Lipinski definition) is 3. The minimum atomic E-state index is 0. The Balaban J connectivity index is 0.00000312. The average Bonchev–Trinajstić information content (AvgIpc) is 2.65. The van der Waals surface area contributed by atoms with Gasteiger partial charge in [0.15, 0.2) is 5.96 Å². The van der Waals surface area contributed by atoms with Gasteiger partial charge in [-0.25, -0.2) is 0 Å². The molecule has 2 aliphatic rings. The number of guanidine groups is 1. The third-order valence-corrected chi connectivity index (χ3v) is 5.27. The van der Waals surface area contributed by atoms with Gasteiger partial charge < -0.3 is 20.5 Å². The van der Waals surface area contributed by atoms with Crippen LogP contribution in [0.5, 0.6) is 0 Å². The van der Waals surface area contributed by atoms with Gasteiger partial charge >= 0.3 is 0 Å². The maximum absolute atomic E-state index is 9.20. The van der Waals surface area contributed by atoms with Crippen molar-refractivity contribution in [1.82, 2.24) is 15.5 Å². The van der Waals surface area contributed by atoms with E-state index in [4.69, 9.17) is 9.73 Å². The normalized spacial score (nSPS) is 22.8. The molecule has 1 saturated heterocycles. The second kappa shape index (κ2) is 12.3. The van der Waals surface area contributed by atoms with Gasteiger partial charge in [0.2, 0.25) is 0 Å². The van der Waals surface area contributed by atoms with Gasteiger partial charge in [0.25, 0.3) is 0 Å².